The molecule has 0 bridgehead atoms. The second kappa shape index (κ2) is 6.66. The predicted octanol–water partition coefficient (Wildman–Crippen LogP) is 1.80. The number of aryl methyl sites for hydroxylation is 1. The SMILES string of the molecule is Cc1ccc(S(=O)(=O)Nc2cccc(OCC(N)=O)c2)c(F)c1. The Bertz CT molecular complexity index is 837. The fraction of sp³-hybridized carbons (Fsp3) is 0.133. The molecule has 6 nitrogen and oxygen atoms in total. The van der Waals surface area contributed by atoms with Crippen molar-refractivity contribution in [2.24, 2.45) is 5.73 Å². The number of rotatable bonds is 6. The normalized spacial score (nSPS) is 11.0. The molecule has 2 rings (SSSR count). The van der Waals surface area contributed by atoms with E-state index in [4.69, 9.17) is 10.5 Å². The van der Waals surface area contributed by atoms with Crippen molar-refractivity contribution in [2.45, 2.75) is 11.8 Å². The van der Waals surface area contributed by atoms with Gasteiger partial charge < -0.3 is 10.5 Å². The first-order valence-corrected chi connectivity index (χ1v) is 8.06. The Balaban J connectivity index is 2.23. The van der Waals surface area contributed by atoms with Gasteiger partial charge in [-0.25, -0.2) is 12.8 Å². The molecule has 0 spiro atoms. The van der Waals surface area contributed by atoms with Gasteiger partial charge in [0.05, 0.1) is 5.69 Å². The molecule has 0 aromatic heterocycles. The van der Waals surface area contributed by atoms with Gasteiger partial charge in [-0.15, -0.1) is 0 Å². The summed E-state index contributed by atoms with van der Waals surface area (Å²) in [7, 11) is -4.08. The highest BCUT2D eigenvalue weighted by Gasteiger charge is 2.19. The van der Waals surface area contributed by atoms with Crippen LogP contribution >= 0.6 is 0 Å². The van der Waals surface area contributed by atoms with Gasteiger partial charge >= 0.3 is 0 Å². The average molecular weight is 338 g/mol. The molecule has 0 radical (unpaired) electrons. The first-order chi connectivity index (χ1) is 10.8. The van der Waals surface area contributed by atoms with Crippen LogP contribution in [0.2, 0.25) is 0 Å². The number of ether oxygens (including phenoxy) is 1. The Morgan fingerprint density at radius 2 is 2.00 bits per heavy atom. The van der Waals surface area contributed by atoms with Crippen LogP contribution in [-0.4, -0.2) is 20.9 Å². The van der Waals surface area contributed by atoms with Crippen LogP contribution in [0.25, 0.3) is 0 Å². The fourth-order valence-electron chi connectivity index (χ4n) is 1.84. The molecule has 8 heteroatoms. The summed E-state index contributed by atoms with van der Waals surface area (Å²) in [6, 6.07) is 9.74. The topological polar surface area (TPSA) is 98.5 Å². The molecule has 0 aliphatic carbocycles. The number of hydrogen-bond acceptors (Lipinski definition) is 4. The van der Waals surface area contributed by atoms with Gasteiger partial charge in [-0.1, -0.05) is 12.1 Å². The molecule has 0 saturated carbocycles. The minimum Gasteiger partial charge on any atom is -0.484 e. The van der Waals surface area contributed by atoms with E-state index >= 15 is 0 Å². The Labute approximate surface area is 133 Å². The van der Waals surface area contributed by atoms with E-state index in [9.17, 15) is 17.6 Å². The van der Waals surface area contributed by atoms with Gasteiger partial charge in [-0.3, -0.25) is 9.52 Å². The number of primary amides is 1. The average Bonchev–Trinajstić information content (AvgIpc) is 2.44. The Kier molecular flexibility index (Phi) is 4.85. The van der Waals surface area contributed by atoms with Gasteiger partial charge in [0.15, 0.2) is 6.61 Å². The molecule has 0 fully saturated rings. The van der Waals surface area contributed by atoms with Crippen LogP contribution in [-0.2, 0) is 14.8 Å². The van der Waals surface area contributed by atoms with Crippen molar-refractivity contribution in [3.8, 4) is 5.75 Å². The van der Waals surface area contributed by atoms with E-state index in [1.165, 1.54) is 36.4 Å². The lowest BCUT2D eigenvalue weighted by Gasteiger charge is -2.11. The third-order valence-electron chi connectivity index (χ3n) is 2.84. The number of amides is 1. The minimum atomic E-state index is -4.08. The van der Waals surface area contributed by atoms with Crippen LogP contribution in [0.15, 0.2) is 47.4 Å². The summed E-state index contributed by atoms with van der Waals surface area (Å²) < 4.78 is 45.7. The zero-order valence-corrected chi connectivity index (χ0v) is 13.1. The van der Waals surface area contributed by atoms with E-state index in [0.29, 0.717) is 5.56 Å². The second-order valence-electron chi connectivity index (χ2n) is 4.82. The molecule has 0 heterocycles. The number of nitrogens with two attached hydrogens (primary N) is 1. The summed E-state index contributed by atoms with van der Waals surface area (Å²) >= 11 is 0. The second-order valence-corrected chi connectivity index (χ2v) is 6.47. The van der Waals surface area contributed by atoms with Crippen molar-refractivity contribution in [3.05, 3.63) is 53.8 Å². The van der Waals surface area contributed by atoms with Gasteiger partial charge in [-0.05, 0) is 36.8 Å². The maximum absolute atomic E-state index is 13.8. The van der Waals surface area contributed by atoms with Crippen molar-refractivity contribution >= 4 is 21.6 Å². The Hall–Kier alpha value is -2.61. The van der Waals surface area contributed by atoms with Gasteiger partial charge in [-0.2, -0.15) is 0 Å². The van der Waals surface area contributed by atoms with Crippen LogP contribution in [0.5, 0.6) is 5.75 Å². The van der Waals surface area contributed by atoms with Crippen LogP contribution in [0.4, 0.5) is 10.1 Å². The van der Waals surface area contributed by atoms with Crippen LogP contribution in [0.1, 0.15) is 5.56 Å². The Morgan fingerprint density at radius 1 is 1.26 bits per heavy atom. The fourth-order valence-corrected chi connectivity index (χ4v) is 2.95. The highest BCUT2D eigenvalue weighted by Crippen LogP contribution is 2.22. The number of sulfonamides is 1. The van der Waals surface area contributed by atoms with Crippen molar-refractivity contribution in [1.82, 2.24) is 0 Å². The van der Waals surface area contributed by atoms with Crippen molar-refractivity contribution in [1.29, 1.82) is 0 Å². The lowest BCUT2D eigenvalue weighted by atomic mass is 10.2. The first-order valence-electron chi connectivity index (χ1n) is 6.58. The quantitative estimate of drug-likeness (QED) is 0.839. The third-order valence-corrected chi connectivity index (χ3v) is 4.26. The van der Waals surface area contributed by atoms with E-state index in [2.05, 4.69) is 4.72 Å². The number of carbonyl (C=O) groups excluding carboxylic acids is 1. The van der Waals surface area contributed by atoms with Gasteiger partial charge in [0.25, 0.3) is 15.9 Å². The molecule has 2 aromatic rings. The van der Waals surface area contributed by atoms with E-state index in [-0.39, 0.29) is 18.0 Å². The van der Waals surface area contributed by atoms with E-state index in [1.54, 1.807) is 6.92 Å². The number of anilines is 1. The summed E-state index contributed by atoms with van der Waals surface area (Å²) in [5.41, 5.74) is 5.76. The zero-order chi connectivity index (χ0) is 17.0. The highest BCUT2D eigenvalue weighted by atomic mass is 32.2. The van der Waals surface area contributed by atoms with Crippen LogP contribution in [0.3, 0.4) is 0 Å². The van der Waals surface area contributed by atoms with Crippen molar-refractivity contribution in [2.75, 3.05) is 11.3 Å². The number of carbonyl (C=O) groups is 1. The zero-order valence-electron chi connectivity index (χ0n) is 12.2. The first kappa shape index (κ1) is 16.8. The summed E-state index contributed by atoms with van der Waals surface area (Å²) in [5.74, 6) is -1.23. The molecule has 122 valence electrons. The van der Waals surface area contributed by atoms with E-state index in [0.717, 1.165) is 6.07 Å². The molecular weight excluding hydrogens is 323 g/mol. The highest BCUT2D eigenvalue weighted by molar-refractivity contribution is 7.92. The van der Waals surface area contributed by atoms with Crippen molar-refractivity contribution < 1.29 is 22.3 Å². The third kappa shape index (κ3) is 4.43. The number of hydrogen-bond donors (Lipinski definition) is 2. The molecule has 0 aliphatic rings. The molecule has 1 amide bonds. The number of nitrogens with one attached hydrogen (secondary N) is 1. The molecule has 0 unspecified atom stereocenters. The van der Waals surface area contributed by atoms with Crippen LogP contribution < -0.4 is 15.2 Å². The standard InChI is InChI=1S/C15H15FN2O4S/c1-10-5-6-14(13(16)7-10)23(20,21)18-11-3-2-4-12(8-11)22-9-15(17)19/h2-8,18H,9H2,1H3,(H2,17,19). The molecule has 3 N–H and O–H groups in total. The molecule has 0 aliphatic heterocycles. The van der Waals surface area contributed by atoms with Gasteiger partial charge in [0.2, 0.25) is 0 Å². The summed E-state index contributed by atoms with van der Waals surface area (Å²) in [4.78, 5) is 10.2. The monoisotopic (exact) mass is 338 g/mol. The maximum atomic E-state index is 13.8. The largest absolute Gasteiger partial charge is 0.484 e. The smallest absolute Gasteiger partial charge is 0.264 e. The van der Waals surface area contributed by atoms with E-state index < -0.39 is 26.6 Å². The predicted molar refractivity (Wildman–Crippen MR) is 83.1 cm³/mol. The van der Waals surface area contributed by atoms with Gasteiger partial charge in [0, 0.05) is 6.07 Å². The molecule has 23 heavy (non-hydrogen) atoms. The number of benzene rings is 2. The summed E-state index contributed by atoms with van der Waals surface area (Å²) in [6.07, 6.45) is 0. The van der Waals surface area contributed by atoms with Gasteiger partial charge in [0.1, 0.15) is 16.5 Å². The summed E-state index contributed by atoms with van der Waals surface area (Å²) in [5, 5.41) is 0. The van der Waals surface area contributed by atoms with Crippen molar-refractivity contribution in [3.63, 3.8) is 0 Å². The molecule has 0 atom stereocenters. The molecule has 0 saturated heterocycles. The van der Waals surface area contributed by atoms with Crippen LogP contribution in [0, 0.1) is 12.7 Å². The molecular formula is C15H15FN2O4S. The van der Waals surface area contributed by atoms with E-state index in [1.807, 2.05) is 0 Å². The summed E-state index contributed by atoms with van der Waals surface area (Å²) in [6.45, 7) is 1.33. The Morgan fingerprint density at radius 3 is 2.65 bits per heavy atom. The number of halogens is 1. The lowest BCUT2D eigenvalue weighted by Crippen LogP contribution is -2.20. The molecule has 2 aromatic carbocycles. The maximum Gasteiger partial charge on any atom is 0.264 e. The minimum absolute atomic E-state index is 0.173. The lowest BCUT2D eigenvalue weighted by molar-refractivity contribution is -0.119.